The van der Waals surface area contributed by atoms with Crippen LogP contribution in [0.3, 0.4) is 0 Å². The van der Waals surface area contributed by atoms with Crippen molar-refractivity contribution in [2.45, 2.75) is 77.3 Å². The van der Waals surface area contributed by atoms with Crippen LogP contribution in [0.4, 0.5) is 23.7 Å². The lowest BCUT2D eigenvalue weighted by Gasteiger charge is -2.55. The van der Waals surface area contributed by atoms with Crippen LogP contribution >= 0.6 is 0 Å². The van der Waals surface area contributed by atoms with Gasteiger partial charge in [-0.25, -0.2) is 4.79 Å². The van der Waals surface area contributed by atoms with Crippen molar-refractivity contribution in [2.24, 2.45) is 11.3 Å². The third-order valence-corrected chi connectivity index (χ3v) is 8.30. The summed E-state index contributed by atoms with van der Waals surface area (Å²) in [5, 5.41) is 5.32. The Bertz CT molecular complexity index is 1060. The summed E-state index contributed by atoms with van der Waals surface area (Å²) in [7, 11) is 0. The second-order valence-electron chi connectivity index (χ2n) is 10.9. The first-order chi connectivity index (χ1) is 15.9. The van der Waals surface area contributed by atoms with Gasteiger partial charge >= 0.3 is 12.2 Å². The fraction of sp³-hybridized carbons (Fsp3) is 0.536. The van der Waals surface area contributed by atoms with Crippen molar-refractivity contribution in [3.63, 3.8) is 0 Å². The number of hydrogen-bond acceptors (Lipinski definition) is 1. The first-order valence-electron chi connectivity index (χ1n) is 12.3. The molecule has 4 rings (SSSR count). The Hall–Kier alpha value is -2.50. The molecule has 3 atom stereocenters. The van der Waals surface area contributed by atoms with Crippen LogP contribution in [0.25, 0.3) is 0 Å². The van der Waals surface area contributed by atoms with Gasteiger partial charge in [-0.15, -0.1) is 0 Å². The van der Waals surface area contributed by atoms with Crippen molar-refractivity contribution in [2.75, 3.05) is 11.9 Å². The highest BCUT2D eigenvalue weighted by Gasteiger charge is 2.51. The molecule has 0 bridgehead atoms. The highest BCUT2D eigenvalue weighted by Crippen LogP contribution is 2.57. The second-order valence-corrected chi connectivity index (χ2v) is 10.9. The fourth-order valence-corrected chi connectivity index (χ4v) is 6.50. The van der Waals surface area contributed by atoms with Crippen LogP contribution in [0.15, 0.2) is 42.5 Å². The van der Waals surface area contributed by atoms with E-state index in [0.29, 0.717) is 18.4 Å². The lowest BCUT2D eigenvalue weighted by molar-refractivity contribution is -0.136. The number of amides is 2. The number of alkyl halides is 3. The fourth-order valence-electron chi connectivity index (χ4n) is 6.50. The van der Waals surface area contributed by atoms with E-state index in [1.807, 2.05) is 0 Å². The normalized spacial score (nSPS) is 26.5. The molecule has 2 N–H and O–H groups in total. The summed E-state index contributed by atoms with van der Waals surface area (Å²) in [4.78, 5) is 12.6. The maximum atomic E-state index is 13.3. The summed E-state index contributed by atoms with van der Waals surface area (Å²) in [6, 6.07) is 11.4. The molecule has 3 nitrogen and oxygen atoms in total. The Kier molecular flexibility index (Phi) is 6.47. The molecule has 2 aromatic rings. The molecule has 0 aromatic heterocycles. The Morgan fingerprint density at radius 3 is 2.56 bits per heavy atom. The summed E-state index contributed by atoms with van der Waals surface area (Å²) in [6.45, 7) is 9.47. The second kappa shape index (κ2) is 8.94. The van der Waals surface area contributed by atoms with Gasteiger partial charge in [-0.3, -0.25) is 0 Å². The van der Waals surface area contributed by atoms with Crippen molar-refractivity contribution >= 4 is 11.7 Å². The van der Waals surface area contributed by atoms with Crippen LogP contribution in [0, 0.1) is 11.3 Å². The molecule has 0 spiro atoms. The molecular formula is C28H35F3N2O. The number of nitrogens with one attached hydrogen (secondary N) is 2. The number of benzene rings is 2. The first-order valence-corrected chi connectivity index (χ1v) is 12.3. The van der Waals surface area contributed by atoms with Crippen molar-refractivity contribution in [1.82, 2.24) is 5.32 Å². The molecule has 0 saturated heterocycles. The molecule has 1 fully saturated rings. The van der Waals surface area contributed by atoms with Gasteiger partial charge in [-0.05, 0) is 77.2 Å². The monoisotopic (exact) mass is 472 g/mol. The van der Waals surface area contributed by atoms with E-state index in [-0.39, 0.29) is 16.5 Å². The number of fused-ring (bicyclic) bond motifs is 3. The van der Waals surface area contributed by atoms with Crippen LogP contribution < -0.4 is 10.6 Å². The van der Waals surface area contributed by atoms with Gasteiger partial charge in [0.1, 0.15) is 0 Å². The van der Waals surface area contributed by atoms with Crippen molar-refractivity contribution in [3.8, 4) is 0 Å². The average Bonchev–Trinajstić information content (AvgIpc) is 2.77. The Balaban J connectivity index is 1.50. The van der Waals surface area contributed by atoms with E-state index in [4.69, 9.17) is 0 Å². The zero-order chi connectivity index (χ0) is 24.7. The van der Waals surface area contributed by atoms with Crippen molar-refractivity contribution in [3.05, 3.63) is 64.7 Å². The number of anilines is 1. The number of aryl methyl sites for hydroxylation is 1. The number of urea groups is 1. The highest BCUT2D eigenvalue weighted by molar-refractivity contribution is 5.90. The molecule has 1 saturated carbocycles. The van der Waals surface area contributed by atoms with E-state index < -0.39 is 17.8 Å². The van der Waals surface area contributed by atoms with Crippen LogP contribution in [0.2, 0.25) is 0 Å². The molecule has 0 heterocycles. The topological polar surface area (TPSA) is 41.1 Å². The highest BCUT2D eigenvalue weighted by atomic mass is 19.4. The van der Waals surface area contributed by atoms with E-state index in [9.17, 15) is 18.0 Å². The summed E-state index contributed by atoms with van der Waals surface area (Å²) in [6.07, 6.45) is 0.734. The van der Waals surface area contributed by atoms with E-state index in [2.05, 4.69) is 56.5 Å². The lowest BCUT2D eigenvalue weighted by atomic mass is 9.49. The number of carbonyl (C=O) groups is 1. The van der Waals surface area contributed by atoms with Gasteiger partial charge in [-0.2, -0.15) is 13.2 Å². The summed E-state index contributed by atoms with van der Waals surface area (Å²) in [5.41, 5.74) is 3.10. The predicted molar refractivity (Wildman–Crippen MR) is 130 cm³/mol. The molecule has 3 unspecified atom stereocenters. The average molecular weight is 473 g/mol. The molecule has 2 aliphatic carbocycles. The third kappa shape index (κ3) is 4.56. The summed E-state index contributed by atoms with van der Waals surface area (Å²) >= 11 is 0. The van der Waals surface area contributed by atoms with Gasteiger partial charge in [0.2, 0.25) is 0 Å². The van der Waals surface area contributed by atoms with E-state index in [1.54, 1.807) is 0 Å². The molecule has 0 aliphatic heterocycles. The zero-order valence-corrected chi connectivity index (χ0v) is 20.5. The molecule has 2 aliphatic rings. The van der Waals surface area contributed by atoms with Crippen molar-refractivity contribution in [1.29, 1.82) is 0 Å². The predicted octanol–water partition coefficient (Wildman–Crippen LogP) is 7.66. The summed E-state index contributed by atoms with van der Waals surface area (Å²) in [5.74, 6) is 0.895. The van der Waals surface area contributed by atoms with Gasteiger partial charge in [0, 0.05) is 6.54 Å². The standard InChI is InChI=1S/C28H35F3N2O/c1-18(2)19-10-12-21-20(16-19)11-13-24-26(3,14-7-15-27(21,24)4)17-32-25(34)33-23-9-6-5-8-22(23)28(29,30)31/h5-6,8-10,12,16,18,24H,7,11,13-15,17H2,1-4H3,(H2,32,33,34). The maximum Gasteiger partial charge on any atom is 0.418 e. The van der Waals surface area contributed by atoms with Gasteiger partial charge in [0.25, 0.3) is 0 Å². The number of rotatable bonds is 4. The van der Waals surface area contributed by atoms with Crippen LogP contribution in [-0.2, 0) is 18.0 Å². The smallest absolute Gasteiger partial charge is 0.337 e. The van der Waals surface area contributed by atoms with E-state index >= 15 is 0 Å². The molecule has 2 amide bonds. The lowest BCUT2D eigenvalue weighted by Crippen LogP contribution is -2.53. The molecule has 184 valence electrons. The Labute approximate surface area is 200 Å². The van der Waals surface area contributed by atoms with Crippen LogP contribution in [0.5, 0.6) is 0 Å². The largest absolute Gasteiger partial charge is 0.418 e. The van der Waals surface area contributed by atoms with Gasteiger partial charge in [-0.1, -0.05) is 64.4 Å². The number of para-hydroxylation sites is 1. The molecule has 0 radical (unpaired) electrons. The number of carbonyl (C=O) groups excluding carboxylic acids is 1. The van der Waals surface area contributed by atoms with Gasteiger partial charge in [0.05, 0.1) is 11.3 Å². The molecular weight excluding hydrogens is 437 g/mol. The zero-order valence-electron chi connectivity index (χ0n) is 20.5. The number of halogens is 3. The molecule has 34 heavy (non-hydrogen) atoms. The minimum Gasteiger partial charge on any atom is -0.337 e. The third-order valence-electron chi connectivity index (χ3n) is 8.30. The van der Waals surface area contributed by atoms with Crippen molar-refractivity contribution < 1.29 is 18.0 Å². The van der Waals surface area contributed by atoms with Crippen LogP contribution in [0.1, 0.15) is 81.5 Å². The summed E-state index contributed by atoms with van der Waals surface area (Å²) < 4.78 is 39.8. The minimum atomic E-state index is -4.52. The maximum absolute atomic E-state index is 13.3. The SMILES string of the molecule is CC(C)c1ccc2c(c1)CCC1C(C)(CNC(=O)Nc3ccccc3C(F)(F)F)CCCC21C. The number of hydrogen-bond donors (Lipinski definition) is 2. The van der Waals surface area contributed by atoms with E-state index in [0.717, 1.165) is 38.2 Å². The van der Waals surface area contributed by atoms with Gasteiger partial charge in [0.15, 0.2) is 0 Å². The minimum absolute atomic E-state index is 0.0388. The molecule has 2 aromatic carbocycles. The van der Waals surface area contributed by atoms with E-state index in [1.165, 1.54) is 34.9 Å². The Morgan fingerprint density at radius 1 is 1.12 bits per heavy atom. The first kappa shape index (κ1) is 24.6. The Morgan fingerprint density at radius 2 is 1.85 bits per heavy atom. The van der Waals surface area contributed by atoms with Crippen LogP contribution in [-0.4, -0.2) is 12.6 Å². The molecule has 6 heteroatoms. The van der Waals surface area contributed by atoms with Gasteiger partial charge < -0.3 is 10.6 Å². The quantitative estimate of drug-likeness (QED) is 0.471.